The van der Waals surface area contributed by atoms with Crippen LogP contribution in [-0.4, -0.2) is 12.6 Å². The van der Waals surface area contributed by atoms with Crippen molar-refractivity contribution in [3.8, 4) is 0 Å². The van der Waals surface area contributed by atoms with E-state index in [1.165, 1.54) is 32.1 Å². The minimum atomic E-state index is 0.735. The number of allylic oxidation sites excluding steroid dienone is 1. The maximum absolute atomic E-state index is 3.79. The lowest BCUT2D eigenvalue weighted by molar-refractivity contribution is 0.299. The lowest BCUT2D eigenvalue weighted by atomic mass is 9.84. The Hall–Kier alpha value is -0.560. The predicted octanol–water partition coefficient (Wildman–Crippen LogP) is 2.90. The molecule has 0 aromatic rings. The molecule has 74 valence electrons. The van der Waals surface area contributed by atoms with Crippen LogP contribution in [0.15, 0.2) is 25.3 Å². The van der Waals surface area contributed by atoms with Gasteiger partial charge in [0.1, 0.15) is 0 Å². The zero-order valence-electron chi connectivity index (χ0n) is 8.47. The molecule has 0 saturated heterocycles. The van der Waals surface area contributed by atoms with Crippen molar-refractivity contribution in [2.24, 2.45) is 5.92 Å². The molecule has 0 aliphatic heterocycles. The summed E-state index contributed by atoms with van der Waals surface area (Å²) in [4.78, 5) is 0. The summed E-state index contributed by atoms with van der Waals surface area (Å²) in [5, 5.41) is 3.49. The fraction of sp³-hybridized carbons (Fsp3) is 0.667. The van der Waals surface area contributed by atoms with E-state index in [1.807, 2.05) is 6.08 Å². The molecular weight excluding hydrogens is 158 g/mol. The third-order valence-corrected chi connectivity index (χ3v) is 2.90. The van der Waals surface area contributed by atoms with Crippen LogP contribution in [0.1, 0.15) is 32.1 Å². The van der Waals surface area contributed by atoms with E-state index in [0.717, 1.165) is 18.5 Å². The highest BCUT2D eigenvalue weighted by Crippen LogP contribution is 2.26. The molecule has 1 aliphatic rings. The molecule has 0 spiro atoms. The molecule has 0 unspecified atom stereocenters. The van der Waals surface area contributed by atoms with Gasteiger partial charge in [-0.05, 0) is 38.0 Å². The molecule has 1 rings (SSSR count). The van der Waals surface area contributed by atoms with Crippen molar-refractivity contribution in [2.75, 3.05) is 6.54 Å². The SMILES string of the molecule is C=CCNC1CCC(CC=C)CC1. The Morgan fingerprint density at radius 2 is 1.77 bits per heavy atom. The van der Waals surface area contributed by atoms with Crippen LogP contribution in [0, 0.1) is 5.92 Å². The first-order valence-electron chi connectivity index (χ1n) is 5.32. The molecule has 1 saturated carbocycles. The normalized spacial score (nSPS) is 28.3. The van der Waals surface area contributed by atoms with Crippen molar-refractivity contribution in [2.45, 2.75) is 38.1 Å². The standard InChI is InChI=1S/C12H21N/c1-3-5-11-6-8-12(9-7-11)13-10-4-2/h3-4,11-13H,1-2,5-10H2. The van der Waals surface area contributed by atoms with Crippen molar-refractivity contribution < 1.29 is 0 Å². The van der Waals surface area contributed by atoms with Crippen molar-refractivity contribution in [3.05, 3.63) is 25.3 Å². The van der Waals surface area contributed by atoms with Gasteiger partial charge in [-0.3, -0.25) is 0 Å². The fourth-order valence-electron chi connectivity index (χ4n) is 2.09. The lowest BCUT2D eigenvalue weighted by Crippen LogP contribution is -2.33. The smallest absolute Gasteiger partial charge is 0.0134 e. The molecule has 0 radical (unpaired) electrons. The van der Waals surface area contributed by atoms with Crippen LogP contribution in [0.25, 0.3) is 0 Å². The molecular formula is C12H21N. The van der Waals surface area contributed by atoms with E-state index >= 15 is 0 Å². The number of hydrogen-bond acceptors (Lipinski definition) is 1. The van der Waals surface area contributed by atoms with E-state index in [1.54, 1.807) is 0 Å². The van der Waals surface area contributed by atoms with Gasteiger partial charge in [0, 0.05) is 12.6 Å². The van der Waals surface area contributed by atoms with E-state index in [2.05, 4.69) is 24.6 Å². The Morgan fingerprint density at radius 1 is 1.08 bits per heavy atom. The van der Waals surface area contributed by atoms with Crippen molar-refractivity contribution in [1.29, 1.82) is 0 Å². The summed E-state index contributed by atoms with van der Waals surface area (Å²) in [6.45, 7) is 8.46. The number of nitrogens with one attached hydrogen (secondary N) is 1. The molecule has 1 N–H and O–H groups in total. The summed E-state index contributed by atoms with van der Waals surface area (Å²) in [6, 6.07) is 0.735. The predicted molar refractivity (Wildman–Crippen MR) is 58.8 cm³/mol. The average molecular weight is 179 g/mol. The fourth-order valence-corrected chi connectivity index (χ4v) is 2.09. The molecule has 0 aromatic carbocycles. The van der Waals surface area contributed by atoms with Crippen LogP contribution < -0.4 is 5.32 Å². The Bertz CT molecular complexity index is 155. The molecule has 1 fully saturated rings. The molecule has 13 heavy (non-hydrogen) atoms. The quantitative estimate of drug-likeness (QED) is 0.640. The zero-order valence-corrected chi connectivity index (χ0v) is 8.47. The summed E-state index contributed by atoms with van der Waals surface area (Å²) < 4.78 is 0. The van der Waals surface area contributed by atoms with Crippen molar-refractivity contribution in [3.63, 3.8) is 0 Å². The first kappa shape index (κ1) is 10.5. The highest BCUT2D eigenvalue weighted by Gasteiger charge is 2.18. The third kappa shape index (κ3) is 3.77. The summed E-state index contributed by atoms with van der Waals surface area (Å²) in [7, 11) is 0. The number of hydrogen-bond donors (Lipinski definition) is 1. The second-order valence-corrected chi connectivity index (χ2v) is 3.94. The molecule has 0 aromatic heterocycles. The van der Waals surface area contributed by atoms with Gasteiger partial charge >= 0.3 is 0 Å². The van der Waals surface area contributed by atoms with E-state index in [0.29, 0.717) is 0 Å². The van der Waals surface area contributed by atoms with Crippen molar-refractivity contribution in [1.82, 2.24) is 5.32 Å². The van der Waals surface area contributed by atoms with Crippen molar-refractivity contribution >= 4 is 0 Å². The van der Waals surface area contributed by atoms with Gasteiger partial charge in [0.2, 0.25) is 0 Å². The second-order valence-electron chi connectivity index (χ2n) is 3.94. The topological polar surface area (TPSA) is 12.0 Å². The molecule has 0 amide bonds. The van der Waals surface area contributed by atoms with E-state index in [4.69, 9.17) is 0 Å². The molecule has 1 aliphatic carbocycles. The highest BCUT2D eigenvalue weighted by molar-refractivity contribution is 4.83. The molecule has 0 bridgehead atoms. The van der Waals surface area contributed by atoms with Crippen LogP contribution in [0.2, 0.25) is 0 Å². The van der Waals surface area contributed by atoms with Gasteiger partial charge in [-0.2, -0.15) is 0 Å². The minimum absolute atomic E-state index is 0.735. The third-order valence-electron chi connectivity index (χ3n) is 2.90. The Balaban J connectivity index is 2.14. The van der Waals surface area contributed by atoms with E-state index in [9.17, 15) is 0 Å². The summed E-state index contributed by atoms with van der Waals surface area (Å²) in [6.07, 6.45) is 10.6. The summed E-state index contributed by atoms with van der Waals surface area (Å²) >= 11 is 0. The van der Waals surface area contributed by atoms with Gasteiger partial charge in [-0.25, -0.2) is 0 Å². The van der Waals surface area contributed by atoms with Gasteiger partial charge in [-0.15, -0.1) is 13.2 Å². The highest BCUT2D eigenvalue weighted by atomic mass is 14.9. The number of rotatable bonds is 5. The maximum atomic E-state index is 3.79. The molecule has 1 heteroatoms. The Kier molecular flexibility index (Phi) is 4.84. The van der Waals surface area contributed by atoms with Crippen LogP contribution in [-0.2, 0) is 0 Å². The van der Waals surface area contributed by atoms with Crippen LogP contribution in [0.5, 0.6) is 0 Å². The average Bonchev–Trinajstić information content (AvgIpc) is 2.17. The zero-order chi connectivity index (χ0) is 9.52. The van der Waals surface area contributed by atoms with Gasteiger partial charge in [0.15, 0.2) is 0 Å². The first-order valence-corrected chi connectivity index (χ1v) is 5.32. The lowest BCUT2D eigenvalue weighted by Gasteiger charge is -2.28. The summed E-state index contributed by atoms with van der Waals surface area (Å²) in [5.41, 5.74) is 0. The maximum Gasteiger partial charge on any atom is 0.0134 e. The van der Waals surface area contributed by atoms with E-state index < -0.39 is 0 Å². The second kappa shape index (κ2) is 5.98. The van der Waals surface area contributed by atoms with E-state index in [-0.39, 0.29) is 0 Å². The molecule has 0 atom stereocenters. The molecule has 0 heterocycles. The molecule has 1 nitrogen and oxygen atoms in total. The Labute approximate surface area is 81.9 Å². The van der Waals surface area contributed by atoms with Gasteiger partial charge < -0.3 is 5.32 Å². The monoisotopic (exact) mass is 179 g/mol. The largest absolute Gasteiger partial charge is 0.311 e. The first-order chi connectivity index (χ1) is 6.36. The van der Waals surface area contributed by atoms with Crippen LogP contribution in [0.3, 0.4) is 0 Å². The van der Waals surface area contributed by atoms with Gasteiger partial charge in [0.05, 0.1) is 0 Å². The van der Waals surface area contributed by atoms with Crippen LogP contribution >= 0.6 is 0 Å². The van der Waals surface area contributed by atoms with Gasteiger partial charge in [-0.1, -0.05) is 12.2 Å². The Morgan fingerprint density at radius 3 is 2.31 bits per heavy atom. The minimum Gasteiger partial charge on any atom is -0.311 e. The summed E-state index contributed by atoms with van der Waals surface area (Å²) in [5.74, 6) is 0.902. The van der Waals surface area contributed by atoms with Crippen LogP contribution in [0.4, 0.5) is 0 Å². The van der Waals surface area contributed by atoms with Gasteiger partial charge in [0.25, 0.3) is 0 Å².